The first-order chi connectivity index (χ1) is 13.9. The lowest BCUT2D eigenvalue weighted by Crippen LogP contribution is -2.38. The molecule has 1 aliphatic rings. The maximum Gasteiger partial charge on any atom is 0.253 e. The Morgan fingerprint density at radius 3 is 2.45 bits per heavy atom. The second kappa shape index (κ2) is 9.65. The van der Waals surface area contributed by atoms with Crippen LogP contribution in [0, 0.1) is 5.82 Å². The van der Waals surface area contributed by atoms with Crippen molar-refractivity contribution in [2.75, 3.05) is 38.0 Å². The Balaban J connectivity index is 1.55. The molecule has 1 N–H and O–H groups in total. The number of nitrogens with one attached hydrogen (secondary N) is 1. The summed E-state index contributed by atoms with van der Waals surface area (Å²) >= 11 is 0. The van der Waals surface area contributed by atoms with Gasteiger partial charge in [-0.25, -0.2) is 4.39 Å². The molecule has 1 saturated heterocycles. The van der Waals surface area contributed by atoms with E-state index in [4.69, 9.17) is 0 Å². The van der Waals surface area contributed by atoms with Crippen LogP contribution in [0.1, 0.15) is 42.1 Å². The lowest BCUT2D eigenvalue weighted by molar-refractivity contribution is -0.117. The van der Waals surface area contributed by atoms with Crippen LogP contribution in [0.25, 0.3) is 0 Å². The molecule has 2 amide bonds. The number of carbonyl (C=O) groups excluding carboxylic acids is 2. The van der Waals surface area contributed by atoms with Crippen LogP contribution in [0.2, 0.25) is 0 Å². The fraction of sp³-hybridized carbons (Fsp3) is 0.391. The van der Waals surface area contributed by atoms with E-state index in [1.54, 1.807) is 4.90 Å². The standard InChI is InChI=1S/C23H28FN3O2/c1-17(2)20-6-3-4-7-21(20)25-22(28)16-26-12-5-13-27(15-14-26)23(29)18-8-10-19(24)11-9-18/h3-4,6-11,17H,5,12-16H2,1-2H3,(H,25,28). The monoisotopic (exact) mass is 397 g/mol. The molecule has 6 heteroatoms. The molecule has 0 aliphatic carbocycles. The van der Waals surface area contributed by atoms with Crippen LogP contribution < -0.4 is 5.32 Å². The van der Waals surface area contributed by atoms with Crippen molar-refractivity contribution >= 4 is 17.5 Å². The Morgan fingerprint density at radius 1 is 1.00 bits per heavy atom. The van der Waals surface area contributed by atoms with E-state index in [0.717, 1.165) is 24.2 Å². The summed E-state index contributed by atoms with van der Waals surface area (Å²) < 4.78 is 13.1. The van der Waals surface area contributed by atoms with Crippen molar-refractivity contribution < 1.29 is 14.0 Å². The van der Waals surface area contributed by atoms with Gasteiger partial charge in [0.2, 0.25) is 5.91 Å². The predicted molar refractivity (Wildman–Crippen MR) is 113 cm³/mol. The maximum atomic E-state index is 13.1. The second-order valence-corrected chi connectivity index (χ2v) is 7.72. The SMILES string of the molecule is CC(C)c1ccccc1NC(=O)CN1CCCN(C(=O)c2ccc(F)cc2)CC1. The number of para-hydroxylation sites is 1. The summed E-state index contributed by atoms with van der Waals surface area (Å²) in [6.07, 6.45) is 0.794. The Kier molecular flexibility index (Phi) is 6.99. The molecule has 0 bridgehead atoms. The fourth-order valence-electron chi connectivity index (χ4n) is 3.61. The Bertz CT molecular complexity index is 851. The number of carbonyl (C=O) groups is 2. The molecule has 5 nitrogen and oxygen atoms in total. The highest BCUT2D eigenvalue weighted by atomic mass is 19.1. The van der Waals surface area contributed by atoms with Crippen LogP contribution in [0.15, 0.2) is 48.5 Å². The van der Waals surface area contributed by atoms with Gasteiger partial charge in [0, 0.05) is 37.4 Å². The maximum absolute atomic E-state index is 13.1. The molecule has 0 unspecified atom stereocenters. The van der Waals surface area contributed by atoms with Gasteiger partial charge in [0.05, 0.1) is 6.54 Å². The molecule has 1 aliphatic heterocycles. The van der Waals surface area contributed by atoms with Crippen molar-refractivity contribution in [2.45, 2.75) is 26.2 Å². The van der Waals surface area contributed by atoms with Crippen LogP contribution in [0.3, 0.4) is 0 Å². The van der Waals surface area contributed by atoms with Crippen molar-refractivity contribution in [3.05, 3.63) is 65.5 Å². The van der Waals surface area contributed by atoms with Gasteiger partial charge in [-0.05, 0) is 48.2 Å². The molecule has 29 heavy (non-hydrogen) atoms. The second-order valence-electron chi connectivity index (χ2n) is 7.72. The quantitative estimate of drug-likeness (QED) is 0.836. The summed E-state index contributed by atoms with van der Waals surface area (Å²) in [4.78, 5) is 29.1. The van der Waals surface area contributed by atoms with Gasteiger partial charge in [-0.15, -0.1) is 0 Å². The third-order valence-electron chi connectivity index (χ3n) is 5.19. The van der Waals surface area contributed by atoms with E-state index in [9.17, 15) is 14.0 Å². The number of halogens is 1. The van der Waals surface area contributed by atoms with Gasteiger partial charge in [-0.3, -0.25) is 14.5 Å². The number of anilines is 1. The van der Waals surface area contributed by atoms with Crippen molar-refractivity contribution in [1.29, 1.82) is 0 Å². The van der Waals surface area contributed by atoms with Crippen molar-refractivity contribution in [3.63, 3.8) is 0 Å². The third kappa shape index (κ3) is 5.64. The van der Waals surface area contributed by atoms with Crippen LogP contribution in [-0.2, 0) is 4.79 Å². The summed E-state index contributed by atoms with van der Waals surface area (Å²) in [7, 11) is 0. The molecule has 0 saturated carbocycles. The van der Waals surface area contributed by atoms with Gasteiger partial charge < -0.3 is 10.2 Å². The van der Waals surface area contributed by atoms with Crippen molar-refractivity contribution in [2.24, 2.45) is 0 Å². The van der Waals surface area contributed by atoms with Crippen LogP contribution in [0.4, 0.5) is 10.1 Å². The zero-order valence-electron chi connectivity index (χ0n) is 17.0. The molecule has 0 atom stereocenters. The molecule has 2 aromatic rings. The average molecular weight is 397 g/mol. The number of benzene rings is 2. The number of hydrogen-bond acceptors (Lipinski definition) is 3. The van der Waals surface area contributed by atoms with E-state index in [-0.39, 0.29) is 17.6 Å². The molecule has 1 fully saturated rings. The highest BCUT2D eigenvalue weighted by Crippen LogP contribution is 2.23. The molecule has 1 heterocycles. The highest BCUT2D eigenvalue weighted by Gasteiger charge is 2.22. The molecule has 0 radical (unpaired) electrons. The molecule has 0 spiro atoms. The zero-order valence-corrected chi connectivity index (χ0v) is 17.0. The van der Waals surface area contributed by atoms with E-state index in [2.05, 4.69) is 24.1 Å². The summed E-state index contributed by atoms with van der Waals surface area (Å²) in [5.41, 5.74) is 2.46. The number of rotatable bonds is 5. The Morgan fingerprint density at radius 2 is 1.72 bits per heavy atom. The van der Waals surface area contributed by atoms with E-state index in [1.165, 1.54) is 24.3 Å². The van der Waals surface area contributed by atoms with Gasteiger partial charge in [0.25, 0.3) is 5.91 Å². The van der Waals surface area contributed by atoms with Gasteiger partial charge in [-0.1, -0.05) is 32.0 Å². The fourth-order valence-corrected chi connectivity index (χ4v) is 3.61. The predicted octanol–water partition coefficient (Wildman–Crippen LogP) is 3.74. The number of hydrogen-bond donors (Lipinski definition) is 1. The smallest absolute Gasteiger partial charge is 0.253 e. The van der Waals surface area contributed by atoms with E-state index < -0.39 is 0 Å². The van der Waals surface area contributed by atoms with Crippen LogP contribution in [-0.4, -0.2) is 54.3 Å². The Labute approximate surface area is 171 Å². The number of amides is 2. The first-order valence-electron chi connectivity index (χ1n) is 10.1. The highest BCUT2D eigenvalue weighted by molar-refractivity contribution is 5.94. The third-order valence-corrected chi connectivity index (χ3v) is 5.19. The minimum atomic E-state index is -0.353. The summed E-state index contributed by atoms with van der Waals surface area (Å²) in [6.45, 7) is 7.07. The molecular weight excluding hydrogens is 369 g/mol. The lowest BCUT2D eigenvalue weighted by Gasteiger charge is -2.22. The molecular formula is C23H28FN3O2. The van der Waals surface area contributed by atoms with E-state index in [0.29, 0.717) is 37.7 Å². The molecule has 0 aromatic heterocycles. The van der Waals surface area contributed by atoms with E-state index >= 15 is 0 Å². The summed E-state index contributed by atoms with van der Waals surface area (Å²) in [5, 5.41) is 3.03. The Hall–Kier alpha value is -2.73. The van der Waals surface area contributed by atoms with Crippen molar-refractivity contribution in [1.82, 2.24) is 9.80 Å². The van der Waals surface area contributed by atoms with Gasteiger partial charge in [0.15, 0.2) is 0 Å². The summed E-state index contributed by atoms with van der Waals surface area (Å²) in [5.74, 6) is -0.164. The average Bonchev–Trinajstić information content (AvgIpc) is 2.94. The summed E-state index contributed by atoms with van der Waals surface area (Å²) in [6, 6.07) is 13.5. The molecule has 2 aromatic carbocycles. The van der Waals surface area contributed by atoms with E-state index in [1.807, 2.05) is 24.3 Å². The first kappa shape index (κ1) is 21.0. The van der Waals surface area contributed by atoms with Gasteiger partial charge in [-0.2, -0.15) is 0 Å². The van der Waals surface area contributed by atoms with Gasteiger partial charge in [0.1, 0.15) is 5.82 Å². The minimum absolute atomic E-state index is 0.0450. The number of nitrogens with zero attached hydrogens (tertiary/aromatic N) is 2. The minimum Gasteiger partial charge on any atom is -0.337 e. The topological polar surface area (TPSA) is 52.7 Å². The van der Waals surface area contributed by atoms with Crippen LogP contribution in [0.5, 0.6) is 0 Å². The normalized spacial score (nSPS) is 15.2. The molecule has 154 valence electrons. The van der Waals surface area contributed by atoms with Crippen molar-refractivity contribution in [3.8, 4) is 0 Å². The molecule has 3 rings (SSSR count). The van der Waals surface area contributed by atoms with Gasteiger partial charge >= 0.3 is 0 Å². The first-order valence-corrected chi connectivity index (χ1v) is 10.1. The lowest BCUT2D eigenvalue weighted by atomic mass is 10.0. The van der Waals surface area contributed by atoms with Crippen LogP contribution >= 0.6 is 0 Å². The zero-order chi connectivity index (χ0) is 20.8. The largest absolute Gasteiger partial charge is 0.337 e.